The van der Waals surface area contributed by atoms with Crippen LogP contribution >= 0.6 is 0 Å². The summed E-state index contributed by atoms with van der Waals surface area (Å²) in [6, 6.07) is 5.98. The van der Waals surface area contributed by atoms with Gasteiger partial charge in [-0.15, -0.1) is 0 Å². The van der Waals surface area contributed by atoms with Crippen LogP contribution in [0.5, 0.6) is 0 Å². The van der Waals surface area contributed by atoms with Gasteiger partial charge in [-0.3, -0.25) is 19.3 Å². The van der Waals surface area contributed by atoms with Crippen molar-refractivity contribution < 1.29 is 23.9 Å². The highest BCUT2D eigenvalue weighted by Gasteiger charge is 2.62. The van der Waals surface area contributed by atoms with Crippen molar-refractivity contribution in [3.63, 3.8) is 0 Å². The van der Waals surface area contributed by atoms with E-state index in [9.17, 15) is 19.2 Å². The summed E-state index contributed by atoms with van der Waals surface area (Å²) in [5.41, 5.74) is 1.49. The molecule has 2 bridgehead atoms. The lowest BCUT2D eigenvalue weighted by Gasteiger charge is -2.22. The number of esters is 1. The first-order valence-electron chi connectivity index (χ1n) is 9.52. The van der Waals surface area contributed by atoms with Crippen molar-refractivity contribution in [1.82, 2.24) is 4.90 Å². The van der Waals surface area contributed by atoms with E-state index in [2.05, 4.69) is 0 Å². The van der Waals surface area contributed by atoms with Crippen LogP contribution in [0.15, 0.2) is 24.3 Å². The first-order valence-corrected chi connectivity index (χ1v) is 9.52. The van der Waals surface area contributed by atoms with Crippen molar-refractivity contribution in [3.8, 4) is 0 Å². The molecule has 3 aliphatic rings. The molecule has 1 saturated heterocycles. The third kappa shape index (κ3) is 2.87. The van der Waals surface area contributed by atoms with Gasteiger partial charge in [-0.25, -0.2) is 4.79 Å². The van der Waals surface area contributed by atoms with Gasteiger partial charge in [-0.05, 0) is 44.9 Å². The van der Waals surface area contributed by atoms with Crippen LogP contribution in [0.4, 0.5) is 0 Å². The summed E-state index contributed by atoms with van der Waals surface area (Å²) < 4.78 is 5.12. The first-order chi connectivity index (χ1) is 12.9. The van der Waals surface area contributed by atoms with Gasteiger partial charge in [0.1, 0.15) is 6.04 Å². The molecule has 2 saturated carbocycles. The zero-order valence-corrected chi connectivity index (χ0v) is 15.5. The predicted octanol–water partition coefficient (Wildman–Crippen LogP) is 2.14. The fourth-order valence-corrected chi connectivity index (χ4v) is 5.00. The topological polar surface area (TPSA) is 80.8 Å². The summed E-state index contributed by atoms with van der Waals surface area (Å²) in [5.74, 6) is -1.51. The van der Waals surface area contributed by atoms with E-state index in [0.29, 0.717) is 5.56 Å². The Balaban J connectivity index is 1.39. The van der Waals surface area contributed by atoms with Gasteiger partial charge in [0.25, 0.3) is 0 Å². The van der Waals surface area contributed by atoms with Gasteiger partial charge in [-0.1, -0.05) is 29.8 Å². The normalized spacial score (nSPS) is 29.8. The van der Waals surface area contributed by atoms with Gasteiger partial charge in [0, 0.05) is 5.56 Å². The van der Waals surface area contributed by atoms with Crippen LogP contribution in [-0.2, 0) is 19.1 Å². The third-order valence-electron chi connectivity index (χ3n) is 6.41. The number of likely N-dealkylation sites (tertiary alicyclic amines) is 1. The Hall–Kier alpha value is -2.50. The Morgan fingerprint density at radius 3 is 2.19 bits per heavy atom. The zero-order valence-electron chi connectivity index (χ0n) is 15.5. The van der Waals surface area contributed by atoms with E-state index in [4.69, 9.17) is 4.74 Å². The molecule has 142 valence electrons. The van der Waals surface area contributed by atoms with Crippen LogP contribution in [0, 0.1) is 30.6 Å². The van der Waals surface area contributed by atoms with E-state index in [0.717, 1.165) is 29.7 Å². The SMILES string of the molecule is Cc1ccc(C(=O)COC(=O)[C@@H](C)N2C(=O)[C@H]3[C@@H]4CC[C@@H](C4)[C@@H]3C2=O)cc1. The second-order valence-electron chi connectivity index (χ2n) is 8.00. The number of hydrogen-bond acceptors (Lipinski definition) is 5. The molecule has 0 radical (unpaired) electrons. The monoisotopic (exact) mass is 369 g/mol. The maximum absolute atomic E-state index is 12.8. The molecule has 1 aromatic carbocycles. The lowest BCUT2D eigenvalue weighted by atomic mass is 9.81. The summed E-state index contributed by atoms with van der Waals surface area (Å²) in [6.07, 6.45) is 2.93. The minimum atomic E-state index is -0.999. The molecule has 27 heavy (non-hydrogen) atoms. The van der Waals surface area contributed by atoms with E-state index in [1.54, 1.807) is 12.1 Å². The van der Waals surface area contributed by atoms with Crippen LogP contribution in [0.25, 0.3) is 0 Å². The van der Waals surface area contributed by atoms with Crippen molar-refractivity contribution in [1.29, 1.82) is 0 Å². The van der Waals surface area contributed by atoms with Gasteiger partial charge in [-0.2, -0.15) is 0 Å². The number of amides is 2. The van der Waals surface area contributed by atoms with Crippen molar-refractivity contribution in [3.05, 3.63) is 35.4 Å². The van der Waals surface area contributed by atoms with Crippen molar-refractivity contribution >= 4 is 23.6 Å². The molecule has 2 aliphatic carbocycles. The molecule has 1 aliphatic heterocycles. The average Bonchev–Trinajstić information content (AvgIpc) is 3.33. The molecule has 0 spiro atoms. The van der Waals surface area contributed by atoms with Crippen molar-refractivity contribution in [2.24, 2.45) is 23.7 Å². The number of fused-ring (bicyclic) bond motifs is 5. The minimum absolute atomic E-state index is 0.244. The number of hydrogen-bond donors (Lipinski definition) is 0. The van der Waals surface area contributed by atoms with E-state index >= 15 is 0 Å². The molecule has 0 aromatic heterocycles. The maximum Gasteiger partial charge on any atom is 0.329 e. The molecule has 0 unspecified atom stereocenters. The van der Waals surface area contributed by atoms with Crippen LogP contribution in [0.2, 0.25) is 0 Å². The van der Waals surface area contributed by atoms with E-state index in [1.165, 1.54) is 6.92 Å². The highest BCUT2D eigenvalue weighted by atomic mass is 16.5. The molecule has 6 nitrogen and oxygen atoms in total. The first kappa shape index (κ1) is 17.9. The number of nitrogens with zero attached hydrogens (tertiary/aromatic N) is 1. The third-order valence-corrected chi connectivity index (χ3v) is 6.41. The number of carbonyl (C=O) groups is 4. The minimum Gasteiger partial charge on any atom is -0.456 e. The number of imide groups is 1. The molecular weight excluding hydrogens is 346 g/mol. The molecular formula is C21H23NO5. The zero-order chi connectivity index (χ0) is 19.3. The molecule has 1 heterocycles. The van der Waals surface area contributed by atoms with Gasteiger partial charge in [0.05, 0.1) is 11.8 Å². The van der Waals surface area contributed by atoms with E-state index < -0.39 is 18.6 Å². The smallest absolute Gasteiger partial charge is 0.329 e. The lowest BCUT2D eigenvalue weighted by Crippen LogP contribution is -2.45. The van der Waals surface area contributed by atoms with Crippen LogP contribution < -0.4 is 0 Å². The number of ether oxygens (including phenoxy) is 1. The average molecular weight is 369 g/mol. The fourth-order valence-electron chi connectivity index (χ4n) is 5.00. The van der Waals surface area contributed by atoms with E-state index in [-0.39, 0.29) is 41.3 Å². The van der Waals surface area contributed by atoms with Crippen molar-refractivity contribution in [2.75, 3.05) is 6.61 Å². The number of ketones is 1. The number of carbonyl (C=O) groups excluding carboxylic acids is 4. The Kier molecular flexibility index (Phi) is 4.36. The summed E-state index contributed by atoms with van der Waals surface area (Å²) in [4.78, 5) is 51.1. The molecule has 0 N–H and O–H groups in total. The maximum atomic E-state index is 12.8. The van der Waals surface area contributed by atoms with Crippen molar-refractivity contribution in [2.45, 2.75) is 39.2 Å². The van der Waals surface area contributed by atoms with Crippen LogP contribution in [0.1, 0.15) is 42.1 Å². The van der Waals surface area contributed by atoms with Gasteiger partial charge >= 0.3 is 5.97 Å². The Bertz CT molecular complexity index is 786. The van der Waals surface area contributed by atoms with Gasteiger partial charge < -0.3 is 4.74 Å². The van der Waals surface area contributed by atoms with Crippen LogP contribution in [0.3, 0.4) is 0 Å². The summed E-state index contributed by atoms with van der Waals surface area (Å²) in [5, 5.41) is 0. The number of benzene rings is 1. The Morgan fingerprint density at radius 1 is 1.07 bits per heavy atom. The molecule has 2 amide bonds. The Morgan fingerprint density at radius 2 is 1.63 bits per heavy atom. The molecule has 4 rings (SSSR count). The number of aryl methyl sites for hydroxylation is 1. The van der Waals surface area contributed by atoms with Gasteiger partial charge in [0.2, 0.25) is 11.8 Å². The number of rotatable bonds is 5. The van der Waals surface area contributed by atoms with E-state index in [1.807, 2.05) is 19.1 Å². The van der Waals surface area contributed by atoms with Crippen LogP contribution in [-0.4, -0.2) is 41.1 Å². The second kappa shape index (κ2) is 6.59. The quantitative estimate of drug-likeness (QED) is 0.451. The fraction of sp³-hybridized carbons (Fsp3) is 0.524. The van der Waals surface area contributed by atoms with Gasteiger partial charge in [0.15, 0.2) is 12.4 Å². The molecule has 5 atom stereocenters. The summed E-state index contributed by atoms with van der Waals surface area (Å²) in [6.45, 7) is 3.01. The second-order valence-corrected chi connectivity index (χ2v) is 8.00. The number of Topliss-reactive ketones (excluding diaryl/α,β-unsaturated/α-hetero) is 1. The predicted molar refractivity (Wildman–Crippen MR) is 95.6 cm³/mol. The Labute approximate surface area is 157 Å². The highest BCUT2D eigenvalue weighted by molar-refractivity contribution is 6.08. The largest absolute Gasteiger partial charge is 0.456 e. The lowest BCUT2D eigenvalue weighted by molar-refractivity contribution is -0.157. The standard InChI is InChI=1S/C21H23NO5/c1-11-3-5-13(6-4-11)16(23)10-27-21(26)12(2)22-19(24)17-14-7-8-15(9-14)18(17)20(22)25/h3-6,12,14-15,17-18H,7-10H2,1-2H3/t12-,14-,15+,17+,18+/m1/s1. The summed E-state index contributed by atoms with van der Waals surface area (Å²) in [7, 11) is 0. The molecule has 1 aromatic rings. The molecule has 6 heteroatoms. The highest BCUT2D eigenvalue weighted by Crippen LogP contribution is 2.56. The molecule has 3 fully saturated rings. The summed E-state index contributed by atoms with van der Waals surface area (Å²) >= 11 is 0.